The van der Waals surface area contributed by atoms with Crippen molar-refractivity contribution in [3.63, 3.8) is 0 Å². The maximum absolute atomic E-state index is 12.3. The van der Waals surface area contributed by atoms with E-state index in [0.717, 1.165) is 18.4 Å². The molecule has 92 valence electrons. The van der Waals surface area contributed by atoms with Crippen LogP contribution in [0.15, 0.2) is 41.3 Å². The Balaban J connectivity index is 2.29. The number of benzene rings is 1. The van der Waals surface area contributed by atoms with Crippen LogP contribution in [0.4, 0.5) is 0 Å². The predicted octanol–water partition coefficient (Wildman–Crippen LogP) is 2.34. The lowest BCUT2D eigenvalue weighted by molar-refractivity contribution is 0.442. The van der Waals surface area contributed by atoms with Crippen LogP contribution in [0.2, 0.25) is 0 Å². The summed E-state index contributed by atoms with van der Waals surface area (Å²) in [6, 6.07) is 7.03. The standard InChI is InChI=1S/C13H17NO2S/c1-12-6-8-13(9-7-12)17(15,16)14-10-4-2-3-5-11-14/h2,4,6-9H,3,5,10-11H2,1H3. The van der Waals surface area contributed by atoms with E-state index < -0.39 is 10.0 Å². The quantitative estimate of drug-likeness (QED) is 0.757. The van der Waals surface area contributed by atoms with Crippen LogP contribution in [0.5, 0.6) is 0 Å². The highest BCUT2D eigenvalue weighted by atomic mass is 32.2. The van der Waals surface area contributed by atoms with Gasteiger partial charge in [-0.2, -0.15) is 4.31 Å². The molecule has 17 heavy (non-hydrogen) atoms. The first-order valence-corrected chi connectivity index (χ1v) is 7.26. The van der Waals surface area contributed by atoms with Crippen LogP contribution < -0.4 is 0 Å². The molecule has 0 unspecified atom stereocenters. The molecule has 3 nitrogen and oxygen atoms in total. The minimum Gasteiger partial charge on any atom is -0.207 e. The normalized spacial score (nSPS) is 17.9. The van der Waals surface area contributed by atoms with E-state index in [9.17, 15) is 8.42 Å². The number of hydrogen-bond donors (Lipinski definition) is 0. The third kappa shape index (κ3) is 2.76. The number of allylic oxidation sites excluding steroid dienone is 1. The van der Waals surface area contributed by atoms with Crippen molar-refractivity contribution in [3.8, 4) is 0 Å². The van der Waals surface area contributed by atoms with Gasteiger partial charge in [0.2, 0.25) is 10.0 Å². The zero-order chi connectivity index (χ0) is 12.3. The van der Waals surface area contributed by atoms with E-state index in [1.807, 2.05) is 31.2 Å². The molecule has 1 aliphatic rings. The summed E-state index contributed by atoms with van der Waals surface area (Å²) < 4.78 is 26.2. The molecule has 0 aliphatic carbocycles. The highest BCUT2D eigenvalue weighted by molar-refractivity contribution is 7.89. The lowest BCUT2D eigenvalue weighted by Crippen LogP contribution is -2.31. The molecule has 2 rings (SSSR count). The largest absolute Gasteiger partial charge is 0.243 e. The molecule has 0 saturated carbocycles. The third-order valence-electron chi connectivity index (χ3n) is 2.91. The second-order valence-electron chi connectivity index (χ2n) is 4.29. The van der Waals surface area contributed by atoms with Crippen molar-refractivity contribution in [2.45, 2.75) is 24.7 Å². The molecular formula is C13H17NO2S. The molecule has 1 aliphatic heterocycles. The van der Waals surface area contributed by atoms with Crippen molar-refractivity contribution in [1.29, 1.82) is 0 Å². The lowest BCUT2D eigenvalue weighted by atomic mass is 10.2. The van der Waals surface area contributed by atoms with Gasteiger partial charge in [0, 0.05) is 13.1 Å². The molecule has 1 aromatic rings. The van der Waals surface area contributed by atoms with Gasteiger partial charge in [-0.3, -0.25) is 0 Å². The molecule has 0 amide bonds. The highest BCUT2D eigenvalue weighted by Crippen LogP contribution is 2.18. The lowest BCUT2D eigenvalue weighted by Gasteiger charge is -2.19. The average Bonchev–Trinajstić information content (AvgIpc) is 2.58. The molecular weight excluding hydrogens is 234 g/mol. The van der Waals surface area contributed by atoms with Crippen molar-refractivity contribution in [2.24, 2.45) is 0 Å². The van der Waals surface area contributed by atoms with Gasteiger partial charge in [-0.05, 0) is 31.9 Å². The van der Waals surface area contributed by atoms with Gasteiger partial charge < -0.3 is 0 Å². The third-order valence-corrected chi connectivity index (χ3v) is 4.79. The highest BCUT2D eigenvalue weighted by Gasteiger charge is 2.23. The fourth-order valence-corrected chi connectivity index (χ4v) is 3.29. The van der Waals surface area contributed by atoms with E-state index >= 15 is 0 Å². The van der Waals surface area contributed by atoms with Gasteiger partial charge in [-0.15, -0.1) is 0 Å². The average molecular weight is 251 g/mol. The van der Waals surface area contributed by atoms with E-state index in [0.29, 0.717) is 18.0 Å². The van der Waals surface area contributed by atoms with Gasteiger partial charge in [0.05, 0.1) is 4.90 Å². The fraction of sp³-hybridized carbons (Fsp3) is 0.385. The summed E-state index contributed by atoms with van der Waals surface area (Å²) in [5, 5.41) is 0. The number of aryl methyl sites for hydroxylation is 1. The molecule has 0 fully saturated rings. The van der Waals surface area contributed by atoms with Crippen LogP contribution in [0.1, 0.15) is 18.4 Å². The minimum absolute atomic E-state index is 0.387. The monoisotopic (exact) mass is 251 g/mol. The van der Waals surface area contributed by atoms with Crippen LogP contribution >= 0.6 is 0 Å². The van der Waals surface area contributed by atoms with Crippen molar-refractivity contribution in [2.75, 3.05) is 13.1 Å². The topological polar surface area (TPSA) is 37.4 Å². The molecule has 0 saturated heterocycles. The van der Waals surface area contributed by atoms with Crippen molar-refractivity contribution in [3.05, 3.63) is 42.0 Å². The molecule has 0 atom stereocenters. The summed E-state index contributed by atoms with van der Waals surface area (Å²) in [6.07, 6.45) is 5.82. The van der Waals surface area contributed by atoms with Crippen LogP contribution in [0, 0.1) is 6.92 Å². The number of sulfonamides is 1. The molecule has 0 bridgehead atoms. The zero-order valence-corrected chi connectivity index (χ0v) is 10.8. The van der Waals surface area contributed by atoms with E-state index in [1.165, 1.54) is 0 Å². The van der Waals surface area contributed by atoms with Crippen molar-refractivity contribution >= 4 is 10.0 Å². The Labute approximate surface area is 103 Å². The SMILES string of the molecule is Cc1ccc(S(=O)(=O)N2CC=CCCC2)cc1. The van der Waals surface area contributed by atoms with E-state index in [1.54, 1.807) is 16.4 Å². The zero-order valence-electron chi connectivity index (χ0n) is 9.96. The Kier molecular flexibility index (Phi) is 3.64. The van der Waals surface area contributed by atoms with Gasteiger partial charge >= 0.3 is 0 Å². The Hall–Kier alpha value is -1.13. The summed E-state index contributed by atoms with van der Waals surface area (Å²) >= 11 is 0. The molecule has 1 aromatic carbocycles. The van der Waals surface area contributed by atoms with Gasteiger partial charge in [-0.1, -0.05) is 29.8 Å². The summed E-state index contributed by atoms with van der Waals surface area (Å²) in [6.45, 7) is 3.03. The maximum atomic E-state index is 12.3. The first-order chi connectivity index (χ1) is 8.10. The molecule has 0 radical (unpaired) electrons. The first kappa shape index (κ1) is 12.3. The van der Waals surface area contributed by atoms with E-state index in [-0.39, 0.29) is 0 Å². The van der Waals surface area contributed by atoms with Gasteiger partial charge in [-0.25, -0.2) is 8.42 Å². The van der Waals surface area contributed by atoms with E-state index in [2.05, 4.69) is 0 Å². The number of hydrogen-bond acceptors (Lipinski definition) is 2. The number of rotatable bonds is 2. The minimum atomic E-state index is -3.32. The fourth-order valence-electron chi connectivity index (χ4n) is 1.86. The van der Waals surface area contributed by atoms with Gasteiger partial charge in [0.25, 0.3) is 0 Å². The Bertz CT molecular complexity index is 503. The Morgan fingerprint density at radius 2 is 1.82 bits per heavy atom. The maximum Gasteiger partial charge on any atom is 0.243 e. The molecule has 0 aromatic heterocycles. The van der Waals surface area contributed by atoms with Crippen LogP contribution in [-0.2, 0) is 10.0 Å². The summed E-state index contributed by atoms with van der Waals surface area (Å²) in [7, 11) is -3.32. The van der Waals surface area contributed by atoms with Gasteiger partial charge in [0.1, 0.15) is 0 Å². The Morgan fingerprint density at radius 3 is 2.53 bits per heavy atom. The first-order valence-electron chi connectivity index (χ1n) is 5.82. The summed E-state index contributed by atoms with van der Waals surface area (Å²) in [4.78, 5) is 0.387. The molecule has 0 spiro atoms. The smallest absolute Gasteiger partial charge is 0.207 e. The second kappa shape index (κ2) is 5.02. The van der Waals surface area contributed by atoms with Crippen LogP contribution in [-0.4, -0.2) is 25.8 Å². The van der Waals surface area contributed by atoms with Crippen molar-refractivity contribution in [1.82, 2.24) is 4.31 Å². The van der Waals surface area contributed by atoms with Crippen LogP contribution in [0.25, 0.3) is 0 Å². The molecule has 1 heterocycles. The summed E-state index contributed by atoms with van der Waals surface area (Å²) in [5.74, 6) is 0. The number of nitrogens with zero attached hydrogens (tertiary/aromatic N) is 1. The second-order valence-corrected chi connectivity index (χ2v) is 6.23. The Morgan fingerprint density at radius 1 is 1.12 bits per heavy atom. The molecule has 0 N–H and O–H groups in total. The van der Waals surface area contributed by atoms with Crippen molar-refractivity contribution < 1.29 is 8.42 Å². The summed E-state index contributed by atoms with van der Waals surface area (Å²) in [5.41, 5.74) is 1.07. The predicted molar refractivity (Wildman–Crippen MR) is 68.3 cm³/mol. The van der Waals surface area contributed by atoms with Gasteiger partial charge in [0.15, 0.2) is 0 Å². The molecule has 4 heteroatoms. The van der Waals surface area contributed by atoms with Crippen LogP contribution in [0.3, 0.4) is 0 Å². The van der Waals surface area contributed by atoms with E-state index in [4.69, 9.17) is 0 Å².